The van der Waals surface area contributed by atoms with Crippen molar-refractivity contribution in [3.05, 3.63) is 53.3 Å². The van der Waals surface area contributed by atoms with Gasteiger partial charge in [0.1, 0.15) is 5.82 Å². The van der Waals surface area contributed by atoms with Crippen LogP contribution in [0.4, 0.5) is 13.2 Å². The third kappa shape index (κ3) is 5.30. The number of hydrogen-bond donors (Lipinski definition) is 1. The van der Waals surface area contributed by atoms with E-state index in [1.54, 1.807) is 30.3 Å². The van der Waals surface area contributed by atoms with E-state index in [0.29, 0.717) is 17.7 Å². The number of nitrogens with one attached hydrogen (secondary N) is 1. The van der Waals surface area contributed by atoms with Gasteiger partial charge in [-0.25, -0.2) is 4.39 Å². The Kier molecular flexibility index (Phi) is 7.95. The van der Waals surface area contributed by atoms with Gasteiger partial charge in [-0.1, -0.05) is 18.2 Å². The predicted octanol–water partition coefficient (Wildman–Crippen LogP) is 4.31. The summed E-state index contributed by atoms with van der Waals surface area (Å²) in [6.07, 6.45) is -0.508. The van der Waals surface area contributed by atoms with Gasteiger partial charge in [-0.15, -0.1) is 0 Å². The lowest BCUT2D eigenvalue weighted by atomic mass is 10.0. The number of halogens is 3. The maximum atomic E-state index is 14.1. The smallest absolute Gasteiger partial charge is 0.387 e. The molecule has 8 heteroatoms. The maximum absolute atomic E-state index is 14.1. The molecule has 0 heterocycles. The molecular weight excluding hydrogens is 375 g/mol. The Morgan fingerprint density at radius 2 is 1.61 bits per heavy atom. The second-order valence-corrected chi connectivity index (χ2v) is 6.06. The molecule has 0 spiro atoms. The molecular formula is C20H24F3NO4. The number of rotatable bonds is 10. The highest BCUT2D eigenvalue weighted by atomic mass is 19.3. The topological polar surface area (TPSA) is 49.0 Å². The standard InChI is InChI=1S/C20H24F3NO4/c1-12(18(27-4)14-7-5-6-8-15(14)21)24-11-13-9-16(25-2)19(28-20(22)23)17(10-13)26-3/h5-10,12,18,20,24H,11H2,1-4H3/t12-,18+/m1/s1. The Balaban J connectivity index is 2.17. The van der Waals surface area contributed by atoms with Gasteiger partial charge in [-0.3, -0.25) is 0 Å². The van der Waals surface area contributed by atoms with Gasteiger partial charge in [0.15, 0.2) is 11.5 Å². The van der Waals surface area contributed by atoms with Crippen molar-refractivity contribution in [2.75, 3.05) is 21.3 Å². The van der Waals surface area contributed by atoms with E-state index in [9.17, 15) is 13.2 Å². The van der Waals surface area contributed by atoms with E-state index >= 15 is 0 Å². The fourth-order valence-corrected chi connectivity index (χ4v) is 2.93. The van der Waals surface area contributed by atoms with Crippen molar-refractivity contribution in [1.29, 1.82) is 0 Å². The first-order valence-corrected chi connectivity index (χ1v) is 8.61. The van der Waals surface area contributed by atoms with E-state index < -0.39 is 12.7 Å². The van der Waals surface area contributed by atoms with E-state index in [1.807, 2.05) is 6.92 Å². The summed E-state index contributed by atoms with van der Waals surface area (Å²) in [7, 11) is 4.22. The Morgan fingerprint density at radius 1 is 1.00 bits per heavy atom. The third-order valence-electron chi connectivity index (χ3n) is 4.28. The first kappa shape index (κ1) is 21.8. The van der Waals surface area contributed by atoms with Gasteiger partial charge in [0.05, 0.1) is 20.3 Å². The van der Waals surface area contributed by atoms with Crippen LogP contribution in [0.2, 0.25) is 0 Å². The zero-order chi connectivity index (χ0) is 20.7. The monoisotopic (exact) mass is 399 g/mol. The minimum atomic E-state index is -3.00. The largest absolute Gasteiger partial charge is 0.493 e. The summed E-state index contributed by atoms with van der Waals surface area (Å²) in [5.41, 5.74) is 1.16. The fraction of sp³-hybridized carbons (Fsp3) is 0.400. The van der Waals surface area contributed by atoms with Gasteiger partial charge in [-0.2, -0.15) is 8.78 Å². The summed E-state index contributed by atoms with van der Waals surface area (Å²) in [4.78, 5) is 0. The van der Waals surface area contributed by atoms with E-state index in [-0.39, 0.29) is 29.1 Å². The van der Waals surface area contributed by atoms with Crippen LogP contribution in [0.5, 0.6) is 17.2 Å². The lowest BCUT2D eigenvalue weighted by molar-refractivity contribution is -0.0526. The summed E-state index contributed by atoms with van der Waals surface area (Å²) in [6.45, 7) is -0.796. The Hall–Kier alpha value is -2.45. The van der Waals surface area contributed by atoms with Crippen molar-refractivity contribution in [3.63, 3.8) is 0 Å². The highest BCUT2D eigenvalue weighted by molar-refractivity contribution is 5.54. The van der Waals surface area contributed by atoms with Crippen molar-refractivity contribution in [1.82, 2.24) is 5.32 Å². The van der Waals surface area contributed by atoms with E-state index in [2.05, 4.69) is 10.1 Å². The average Bonchev–Trinajstić information content (AvgIpc) is 2.68. The van der Waals surface area contributed by atoms with Gasteiger partial charge in [-0.05, 0) is 30.7 Å². The predicted molar refractivity (Wildman–Crippen MR) is 98.6 cm³/mol. The van der Waals surface area contributed by atoms with Crippen molar-refractivity contribution < 1.29 is 32.1 Å². The highest BCUT2D eigenvalue weighted by Crippen LogP contribution is 2.39. The van der Waals surface area contributed by atoms with Crippen molar-refractivity contribution >= 4 is 0 Å². The van der Waals surface area contributed by atoms with Crippen LogP contribution in [-0.2, 0) is 11.3 Å². The first-order valence-electron chi connectivity index (χ1n) is 8.61. The molecule has 1 N–H and O–H groups in total. The van der Waals surface area contributed by atoms with Crippen LogP contribution >= 0.6 is 0 Å². The molecule has 2 aromatic rings. The lowest BCUT2D eigenvalue weighted by Gasteiger charge is -2.25. The van der Waals surface area contributed by atoms with Crippen LogP contribution in [0.3, 0.4) is 0 Å². The molecule has 2 aromatic carbocycles. The molecule has 0 saturated heterocycles. The molecule has 0 fully saturated rings. The molecule has 0 bridgehead atoms. The second-order valence-electron chi connectivity index (χ2n) is 6.06. The van der Waals surface area contributed by atoms with Crippen LogP contribution in [0.25, 0.3) is 0 Å². The number of hydrogen-bond acceptors (Lipinski definition) is 5. The molecule has 2 rings (SSSR count). The zero-order valence-electron chi connectivity index (χ0n) is 16.2. The molecule has 0 aliphatic rings. The molecule has 0 aliphatic heterocycles. The van der Waals surface area contributed by atoms with Gasteiger partial charge >= 0.3 is 6.61 Å². The molecule has 0 saturated carbocycles. The molecule has 0 amide bonds. The van der Waals surface area contributed by atoms with Gasteiger partial charge in [0, 0.05) is 25.3 Å². The summed E-state index contributed by atoms with van der Waals surface area (Å²) in [5.74, 6) is -0.263. The molecule has 5 nitrogen and oxygen atoms in total. The first-order chi connectivity index (χ1) is 13.4. The minimum absolute atomic E-state index is 0.126. The Morgan fingerprint density at radius 3 is 2.11 bits per heavy atom. The van der Waals surface area contributed by atoms with Crippen molar-refractivity contribution in [3.8, 4) is 17.2 Å². The minimum Gasteiger partial charge on any atom is -0.493 e. The molecule has 0 aliphatic carbocycles. The third-order valence-corrected chi connectivity index (χ3v) is 4.28. The zero-order valence-corrected chi connectivity index (χ0v) is 16.2. The Labute approximate surface area is 162 Å². The SMILES string of the molecule is COc1cc(CN[C@H](C)[C@H](OC)c2ccccc2F)cc(OC)c1OC(F)F. The molecule has 0 unspecified atom stereocenters. The van der Waals surface area contributed by atoms with Crippen LogP contribution < -0.4 is 19.5 Å². The van der Waals surface area contributed by atoms with Crippen LogP contribution in [0, 0.1) is 5.82 Å². The normalized spacial score (nSPS) is 13.3. The van der Waals surface area contributed by atoms with Gasteiger partial charge in [0.2, 0.25) is 5.75 Å². The van der Waals surface area contributed by atoms with Gasteiger partial charge in [0.25, 0.3) is 0 Å². The lowest BCUT2D eigenvalue weighted by Crippen LogP contribution is -2.33. The number of methoxy groups -OCH3 is 3. The van der Waals surface area contributed by atoms with Crippen molar-refractivity contribution in [2.45, 2.75) is 32.2 Å². The summed E-state index contributed by atoms with van der Waals surface area (Å²) < 4.78 is 59.6. The summed E-state index contributed by atoms with van der Waals surface area (Å²) in [5, 5.41) is 3.25. The number of ether oxygens (including phenoxy) is 4. The number of benzene rings is 2. The molecule has 28 heavy (non-hydrogen) atoms. The molecule has 154 valence electrons. The van der Waals surface area contributed by atoms with E-state index in [0.717, 1.165) is 0 Å². The quantitative estimate of drug-likeness (QED) is 0.645. The molecule has 0 radical (unpaired) electrons. The fourth-order valence-electron chi connectivity index (χ4n) is 2.93. The van der Waals surface area contributed by atoms with Crippen LogP contribution in [-0.4, -0.2) is 34.0 Å². The average molecular weight is 399 g/mol. The van der Waals surface area contributed by atoms with Crippen molar-refractivity contribution in [2.24, 2.45) is 0 Å². The maximum Gasteiger partial charge on any atom is 0.387 e. The molecule has 2 atom stereocenters. The van der Waals surface area contributed by atoms with Gasteiger partial charge < -0.3 is 24.3 Å². The summed E-state index contributed by atoms with van der Waals surface area (Å²) >= 11 is 0. The Bertz CT molecular complexity index is 748. The van der Waals surface area contributed by atoms with Crippen LogP contribution in [0.1, 0.15) is 24.2 Å². The number of alkyl halides is 2. The second kappa shape index (κ2) is 10.2. The molecule has 0 aromatic heterocycles. The van der Waals surface area contributed by atoms with Crippen LogP contribution in [0.15, 0.2) is 36.4 Å². The highest BCUT2D eigenvalue weighted by Gasteiger charge is 2.22. The van der Waals surface area contributed by atoms with E-state index in [4.69, 9.17) is 14.2 Å². The van der Waals surface area contributed by atoms with E-state index in [1.165, 1.54) is 27.4 Å². The summed E-state index contributed by atoms with van der Waals surface area (Å²) in [6, 6.07) is 9.32.